The van der Waals surface area contributed by atoms with Crippen LogP contribution in [0.25, 0.3) is 0 Å². The van der Waals surface area contributed by atoms with Crippen LogP contribution in [-0.2, 0) is 10.8 Å². The number of fused-ring (bicyclic) bond motifs is 1. The van der Waals surface area contributed by atoms with Crippen LogP contribution in [0.1, 0.15) is 0 Å². The molecule has 7 heteroatoms. The number of hydrogen-bond acceptors (Lipinski definition) is 5. The van der Waals surface area contributed by atoms with Crippen LogP contribution < -0.4 is 4.72 Å². The Labute approximate surface area is 91.2 Å². The van der Waals surface area contributed by atoms with Gasteiger partial charge in [0.1, 0.15) is 9.90 Å². The second-order valence-corrected chi connectivity index (χ2v) is 5.95. The molecular formula is C6H5ClN2OS3. The molecule has 1 aliphatic heterocycles. The summed E-state index contributed by atoms with van der Waals surface area (Å²) < 4.78 is 15.0. The highest BCUT2D eigenvalue weighted by Gasteiger charge is 2.18. The molecule has 0 fully saturated rings. The van der Waals surface area contributed by atoms with Gasteiger partial charge in [0.2, 0.25) is 5.17 Å². The van der Waals surface area contributed by atoms with E-state index in [0.29, 0.717) is 10.2 Å². The Hall–Kier alpha value is -0.0400. The Morgan fingerprint density at radius 2 is 2.46 bits per heavy atom. The van der Waals surface area contributed by atoms with Gasteiger partial charge in [-0.15, -0.1) is 11.3 Å². The minimum Gasteiger partial charge on any atom is -0.302 e. The van der Waals surface area contributed by atoms with Gasteiger partial charge in [0.05, 0.1) is 15.8 Å². The van der Waals surface area contributed by atoms with Crippen molar-refractivity contribution in [2.75, 3.05) is 6.26 Å². The molecule has 1 aromatic heterocycles. The Morgan fingerprint density at radius 1 is 1.69 bits per heavy atom. The summed E-state index contributed by atoms with van der Waals surface area (Å²) in [6.07, 6.45) is 1.58. The lowest BCUT2D eigenvalue weighted by Crippen LogP contribution is -2.22. The predicted molar refractivity (Wildman–Crippen MR) is 59.5 cm³/mol. The molecule has 1 aromatic rings. The summed E-state index contributed by atoms with van der Waals surface area (Å²) in [6, 6.07) is 0. The molecule has 0 bridgehead atoms. The van der Waals surface area contributed by atoms with E-state index in [0.717, 1.165) is 9.90 Å². The first-order chi connectivity index (χ1) is 6.18. The van der Waals surface area contributed by atoms with Crippen molar-refractivity contribution in [2.24, 2.45) is 4.99 Å². The lowest BCUT2D eigenvalue weighted by Gasteiger charge is -2.10. The zero-order valence-electron chi connectivity index (χ0n) is 6.54. The third kappa shape index (κ3) is 1.76. The molecule has 0 saturated carbocycles. The second-order valence-electron chi connectivity index (χ2n) is 2.29. The van der Waals surface area contributed by atoms with Gasteiger partial charge in [0.25, 0.3) is 0 Å². The number of nitrogens with zero attached hydrogens (tertiary/aromatic N) is 1. The molecule has 0 aliphatic carbocycles. The van der Waals surface area contributed by atoms with Crippen molar-refractivity contribution in [3.63, 3.8) is 0 Å². The maximum Gasteiger partial charge on any atom is 0.202 e. The first kappa shape index (κ1) is 9.51. The normalized spacial score (nSPS) is 17.2. The Bertz CT molecular complexity index is 401. The minimum atomic E-state index is -1.09. The van der Waals surface area contributed by atoms with Gasteiger partial charge in [0.15, 0.2) is 0 Å². The minimum absolute atomic E-state index is 0.470. The van der Waals surface area contributed by atoms with E-state index in [1.54, 1.807) is 6.26 Å². The number of amidine groups is 1. The molecule has 1 atom stereocenters. The van der Waals surface area contributed by atoms with E-state index in [1.807, 2.05) is 5.38 Å². The van der Waals surface area contributed by atoms with Crippen LogP contribution in [0, 0.1) is 0 Å². The summed E-state index contributed by atoms with van der Waals surface area (Å²) in [5, 5.41) is 2.92. The average Bonchev–Trinajstić information content (AvgIpc) is 2.47. The number of aliphatic imine (C=N–C) groups is 1. The van der Waals surface area contributed by atoms with E-state index in [1.165, 1.54) is 23.3 Å². The fourth-order valence-corrected chi connectivity index (χ4v) is 3.55. The Kier molecular flexibility index (Phi) is 2.64. The molecule has 0 spiro atoms. The maximum atomic E-state index is 11.1. The van der Waals surface area contributed by atoms with Gasteiger partial charge in [-0.25, -0.2) is 4.99 Å². The number of nitrogens with one attached hydrogen (secondary N) is 1. The monoisotopic (exact) mass is 252 g/mol. The van der Waals surface area contributed by atoms with Gasteiger partial charge >= 0.3 is 0 Å². The Morgan fingerprint density at radius 3 is 3.15 bits per heavy atom. The van der Waals surface area contributed by atoms with Gasteiger partial charge < -0.3 is 4.72 Å². The molecule has 1 unspecified atom stereocenters. The van der Waals surface area contributed by atoms with Crippen molar-refractivity contribution in [1.29, 1.82) is 0 Å². The predicted octanol–water partition coefficient (Wildman–Crippen LogP) is 2.38. The molecule has 2 heterocycles. The van der Waals surface area contributed by atoms with Crippen molar-refractivity contribution in [2.45, 2.75) is 4.21 Å². The highest BCUT2D eigenvalue weighted by Crippen LogP contribution is 2.42. The average molecular weight is 253 g/mol. The molecule has 70 valence electrons. The largest absolute Gasteiger partial charge is 0.302 e. The van der Waals surface area contributed by atoms with Crippen molar-refractivity contribution >= 4 is 56.5 Å². The first-order valence-electron chi connectivity index (χ1n) is 3.30. The molecule has 0 amide bonds. The zero-order chi connectivity index (χ0) is 9.42. The van der Waals surface area contributed by atoms with Crippen molar-refractivity contribution in [3.8, 4) is 0 Å². The van der Waals surface area contributed by atoms with Crippen LogP contribution >= 0.6 is 34.9 Å². The van der Waals surface area contributed by atoms with Crippen molar-refractivity contribution < 1.29 is 4.21 Å². The summed E-state index contributed by atoms with van der Waals surface area (Å²) in [7, 11) is -1.09. The lowest BCUT2D eigenvalue weighted by molar-refractivity contribution is 0.692. The van der Waals surface area contributed by atoms with Crippen LogP contribution in [0.5, 0.6) is 0 Å². The van der Waals surface area contributed by atoms with E-state index in [4.69, 9.17) is 11.6 Å². The smallest absolute Gasteiger partial charge is 0.202 e. The Balaban J connectivity index is 2.47. The topological polar surface area (TPSA) is 41.5 Å². The molecule has 0 aromatic carbocycles. The van der Waals surface area contributed by atoms with E-state index < -0.39 is 10.8 Å². The van der Waals surface area contributed by atoms with Gasteiger partial charge in [-0.2, -0.15) is 0 Å². The van der Waals surface area contributed by atoms with E-state index in [2.05, 4.69) is 9.71 Å². The van der Waals surface area contributed by atoms with Gasteiger partial charge in [-0.05, 0) is 11.9 Å². The summed E-state index contributed by atoms with van der Waals surface area (Å²) in [4.78, 5) is 4.17. The third-order valence-electron chi connectivity index (χ3n) is 1.41. The second kappa shape index (κ2) is 3.61. The van der Waals surface area contributed by atoms with E-state index in [-0.39, 0.29) is 0 Å². The number of halogens is 1. The third-order valence-corrected chi connectivity index (χ3v) is 4.66. The van der Waals surface area contributed by atoms with Crippen molar-refractivity contribution in [3.05, 3.63) is 10.4 Å². The summed E-state index contributed by atoms with van der Waals surface area (Å²) in [6.45, 7) is 0. The molecule has 1 aliphatic rings. The molecule has 3 nitrogen and oxygen atoms in total. The van der Waals surface area contributed by atoms with Gasteiger partial charge in [0, 0.05) is 11.6 Å². The highest BCUT2D eigenvalue weighted by atomic mass is 35.5. The van der Waals surface area contributed by atoms with E-state index >= 15 is 0 Å². The summed E-state index contributed by atoms with van der Waals surface area (Å²) in [5.41, 5.74) is 0.737. The fourth-order valence-electron chi connectivity index (χ4n) is 0.823. The first-order valence-corrected chi connectivity index (χ1v) is 6.93. The van der Waals surface area contributed by atoms with Gasteiger partial charge in [-0.1, -0.05) is 11.6 Å². The van der Waals surface area contributed by atoms with Crippen LogP contribution in [0.4, 0.5) is 5.69 Å². The standard InChI is InChI=1S/C6H5ClN2OS3/c1-13(10)6-8-4-3(7)2-11-5(4)12-9-6/h2H,1H3,(H,8,9). The molecule has 0 radical (unpaired) electrons. The molecule has 0 saturated heterocycles. The van der Waals surface area contributed by atoms with Crippen LogP contribution in [0.3, 0.4) is 0 Å². The fraction of sp³-hybridized carbons (Fsp3) is 0.167. The number of thiophene rings is 1. The highest BCUT2D eigenvalue weighted by molar-refractivity contribution is 8.05. The number of hydrogen-bond donors (Lipinski definition) is 1. The quantitative estimate of drug-likeness (QED) is 0.721. The molecular weight excluding hydrogens is 248 g/mol. The molecule has 1 N–H and O–H groups in total. The maximum absolute atomic E-state index is 11.1. The molecule has 13 heavy (non-hydrogen) atoms. The molecule has 2 rings (SSSR count). The van der Waals surface area contributed by atoms with Crippen LogP contribution in [0.15, 0.2) is 14.6 Å². The summed E-state index contributed by atoms with van der Waals surface area (Å²) >= 11 is 8.83. The zero-order valence-corrected chi connectivity index (χ0v) is 9.74. The van der Waals surface area contributed by atoms with Crippen LogP contribution in [0.2, 0.25) is 5.02 Å². The van der Waals surface area contributed by atoms with E-state index in [9.17, 15) is 4.21 Å². The van der Waals surface area contributed by atoms with Crippen LogP contribution in [-0.4, -0.2) is 15.6 Å². The summed E-state index contributed by atoms with van der Waals surface area (Å²) in [5.74, 6) is 0. The lowest BCUT2D eigenvalue weighted by atomic mass is 10.5. The SMILES string of the molecule is CS(=O)C1=Nc2c(Cl)csc2SN1. The number of rotatable bonds is 0. The van der Waals surface area contributed by atoms with Crippen molar-refractivity contribution in [1.82, 2.24) is 4.72 Å². The van der Waals surface area contributed by atoms with Gasteiger partial charge in [-0.3, -0.25) is 4.21 Å².